The van der Waals surface area contributed by atoms with Crippen molar-refractivity contribution in [3.8, 4) is 0 Å². The molecule has 0 unspecified atom stereocenters. The molecule has 1 saturated carbocycles. The molecule has 0 atom stereocenters. The first-order valence-corrected chi connectivity index (χ1v) is 8.64. The van der Waals surface area contributed by atoms with Gasteiger partial charge in [0.15, 0.2) is 0 Å². The predicted octanol–water partition coefficient (Wildman–Crippen LogP) is 2.93. The van der Waals surface area contributed by atoms with Gasteiger partial charge in [-0.3, -0.25) is 9.48 Å². The number of halogens is 1. The zero-order valence-corrected chi connectivity index (χ0v) is 14.8. The lowest BCUT2D eigenvalue weighted by Crippen LogP contribution is -2.37. The molecule has 1 aromatic rings. The zero-order chi connectivity index (χ0) is 17.0. The fourth-order valence-corrected chi connectivity index (χ4v) is 3.16. The molecule has 1 fully saturated rings. The van der Waals surface area contributed by atoms with Crippen molar-refractivity contribution >= 4 is 23.6 Å². The van der Waals surface area contributed by atoms with Gasteiger partial charge in [0, 0.05) is 24.2 Å². The first kappa shape index (κ1) is 18.0. The van der Waals surface area contributed by atoms with E-state index < -0.39 is 0 Å². The van der Waals surface area contributed by atoms with Gasteiger partial charge in [0.2, 0.25) is 5.91 Å². The topological polar surface area (TPSA) is 67.2 Å². The van der Waals surface area contributed by atoms with Gasteiger partial charge in [0.05, 0.1) is 11.8 Å². The van der Waals surface area contributed by atoms with Crippen LogP contribution in [-0.2, 0) is 11.3 Å². The number of aliphatic hydroxyl groups excluding tert-OH is 1. The van der Waals surface area contributed by atoms with Crippen molar-refractivity contribution in [2.75, 3.05) is 0 Å². The Labute approximate surface area is 142 Å². The van der Waals surface area contributed by atoms with E-state index in [-0.39, 0.29) is 18.1 Å². The molecule has 1 heterocycles. The highest BCUT2D eigenvalue weighted by molar-refractivity contribution is 6.31. The minimum absolute atomic E-state index is 0.126. The molecule has 1 aliphatic rings. The summed E-state index contributed by atoms with van der Waals surface area (Å²) < 4.78 is 1.78. The number of nitrogens with zero attached hydrogens (tertiary/aromatic N) is 2. The molecule has 0 aliphatic heterocycles. The molecule has 1 aromatic heterocycles. The lowest BCUT2D eigenvalue weighted by Gasteiger charge is -2.25. The summed E-state index contributed by atoms with van der Waals surface area (Å²) >= 11 is 6.35. The maximum Gasteiger partial charge on any atom is 0.244 e. The molecular weight excluding hydrogens is 314 g/mol. The number of hydrogen-bond acceptors (Lipinski definition) is 3. The highest BCUT2D eigenvalue weighted by atomic mass is 35.5. The van der Waals surface area contributed by atoms with Crippen molar-refractivity contribution in [1.82, 2.24) is 15.1 Å². The third kappa shape index (κ3) is 5.08. The summed E-state index contributed by atoms with van der Waals surface area (Å²) in [4.78, 5) is 12.0. The van der Waals surface area contributed by atoms with Crippen LogP contribution in [0.3, 0.4) is 0 Å². The molecule has 23 heavy (non-hydrogen) atoms. The standard InChI is InChI=1S/C17H26ClN3O2/c1-11(2)10-21-17(18)15(12(3)20-21)8-9-16(23)19-13-4-6-14(22)7-5-13/h8-9,11,13-14,22H,4-7,10H2,1-3H3,(H,19,23). The van der Waals surface area contributed by atoms with Crippen molar-refractivity contribution in [3.63, 3.8) is 0 Å². The van der Waals surface area contributed by atoms with E-state index in [4.69, 9.17) is 11.6 Å². The zero-order valence-electron chi connectivity index (χ0n) is 14.1. The molecule has 6 heteroatoms. The molecule has 0 saturated heterocycles. The number of aryl methyl sites for hydroxylation is 1. The van der Waals surface area contributed by atoms with Crippen LogP contribution in [0.5, 0.6) is 0 Å². The van der Waals surface area contributed by atoms with Crippen LogP contribution in [-0.4, -0.2) is 32.9 Å². The van der Waals surface area contributed by atoms with Crippen LogP contribution in [0.15, 0.2) is 6.08 Å². The van der Waals surface area contributed by atoms with Crippen LogP contribution >= 0.6 is 11.6 Å². The van der Waals surface area contributed by atoms with Crippen molar-refractivity contribution < 1.29 is 9.90 Å². The second-order valence-electron chi connectivity index (χ2n) is 6.71. The average molecular weight is 340 g/mol. The summed E-state index contributed by atoms with van der Waals surface area (Å²) in [6, 6.07) is 0.149. The van der Waals surface area contributed by atoms with Crippen molar-refractivity contribution in [2.24, 2.45) is 5.92 Å². The van der Waals surface area contributed by atoms with Crippen molar-refractivity contribution in [1.29, 1.82) is 0 Å². The number of nitrogens with one attached hydrogen (secondary N) is 1. The third-order valence-electron chi connectivity index (χ3n) is 4.09. The van der Waals surface area contributed by atoms with Gasteiger partial charge in [0.25, 0.3) is 0 Å². The SMILES string of the molecule is Cc1nn(CC(C)C)c(Cl)c1C=CC(=O)NC1CCC(O)CC1. The number of rotatable bonds is 5. The normalized spacial score (nSPS) is 22.0. The Morgan fingerprint density at radius 1 is 1.43 bits per heavy atom. The molecule has 1 aliphatic carbocycles. The van der Waals surface area contributed by atoms with Gasteiger partial charge in [-0.1, -0.05) is 25.4 Å². The van der Waals surface area contributed by atoms with E-state index in [0.29, 0.717) is 11.1 Å². The lowest BCUT2D eigenvalue weighted by molar-refractivity contribution is -0.117. The summed E-state index contributed by atoms with van der Waals surface area (Å²) in [5.74, 6) is 0.326. The molecule has 1 amide bonds. The van der Waals surface area contributed by atoms with E-state index in [1.54, 1.807) is 10.8 Å². The first-order chi connectivity index (χ1) is 10.9. The number of carbonyl (C=O) groups excluding carboxylic acids is 1. The minimum atomic E-state index is -0.216. The number of amides is 1. The molecule has 128 valence electrons. The smallest absolute Gasteiger partial charge is 0.244 e. The van der Waals surface area contributed by atoms with Gasteiger partial charge in [-0.2, -0.15) is 5.10 Å². The van der Waals surface area contributed by atoms with E-state index in [2.05, 4.69) is 24.3 Å². The van der Waals surface area contributed by atoms with E-state index in [9.17, 15) is 9.90 Å². The summed E-state index contributed by atoms with van der Waals surface area (Å²) in [5, 5.41) is 17.5. The molecule has 0 spiro atoms. The Balaban J connectivity index is 1.96. The van der Waals surface area contributed by atoms with Crippen LogP contribution in [0.2, 0.25) is 5.15 Å². The fraction of sp³-hybridized carbons (Fsp3) is 0.647. The van der Waals surface area contributed by atoms with Gasteiger partial charge in [-0.25, -0.2) is 0 Å². The largest absolute Gasteiger partial charge is 0.393 e. The number of carbonyl (C=O) groups is 1. The molecule has 2 N–H and O–H groups in total. The van der Waals surface area contributed by atoms with Crippen LogP contribution in [0.1, 0.15) is 50.8 Å². The van der Waals surface area contributed by atoms with Crippen molar-refractivity contribution in [3.05, 3.63) is 22.5 Å². The van der Waals surface area contributed by atoms with E-state index in [0.717, 1.165) is 43.5 Å². The van der Waals surface area contributed by atoms with Crippen LogP contribution in [0.25, 0.3) is 6.08 Å². The summed E-state index contributed by atoms with van der Waals surface area (Å²) in [7, 11) is 0. The fourth-order valence-electron chi connectivity index (χ4n) is 2.85. The van der Waals surface area contributed by atoms with Gasteiger partial charge in [0.1, 0.15) is 5.15 Å². The second-order valence-corrected chi connectivity index (χ2v) is 7.07. The first-order valence-electron chi connectivity index (χ1n) is 8.26. The van der Waals surface area contributed by atoms with E-state index in [1.807, 2.05) is 6.92 Å². The predicted molar refractivity (Wildman–Crippen MR) is 92.3 cm³/mol. The molecule has 0 radical (unpaired) electrons. The Morgan fingerprint density at radius 2 is 2.09 bits per heavy atom. The van der Waals surface area contributed by atoms with Crippen molar-refractivity contribution in [2.45, 2.75) is 65.1 Å². The van der Waals surface area contributed by atoms with E-state index >= 15 is 0 Å². The van der Waals surface area contributed by atoms with Crippen LogP contribution in [0.4, 0.5) is 0 Å². The monoisotopic (exact) mass is 339 g/mol. The highest BCUT2D eigenvalue weighted by Gasteiger charge is 2.20. The van der Waals surface area contributed by atoms with Gasteiger partial charge in [-0.05, 0) is 44.6 Å². The maximum absolute atomic E-state index is 12.0. The van der Waals surface area contributed by atoms with E-state index in [1.165, 1.54) is 6.08 Å². The summed E-state index contributed by atoms with van der Waals surface area (Å²) in [6.45, 7) is 6.86. The average Bonchev–Trinajstić information content (AvgIpc) is 2.73. The van der Waals surface area contributed by atoms with Gasteiger partial charge >= 0.3 is 0 Å². The number of aromatic nitrogens is 2. The third-order valence-corrected chi connectivity index (χ3v) is 4.49. The second kappa shape index (κ2) is 7.97. The van der Waals surface area contributed by atoms with Gasteiger partial charge < -0.3 is 10.4 Å². The Hall–Kier alpha value is -1.33. The Morgan fingerprint density at radius 3 is 2.70 bits per heavy atom. The molecule has 2 rings (SSSR count). The molecule has 0 aromatic carbocycles. The molecule has 5 nitrogen and oxygen atoms in total. The Bertz CT molecular complexity index is 573. The number of hydrogen-bond donors (Lipinski definition) is 2. The Kier molecular flexibility index (Phi) is 6.25. The van der Waals surface area contributed by atoms with Gasteiger partial charge in [-0.15, -0.1) is 0 Å². The summed E-state index contributed by atoms with van der Waals surface area (Å²) in [6.07, 6.45) is 6.18. The molecule has 0 bridgehead atoms. The minimum Gasteiger partial charge on any atom is -0.393 e. The highest BCUT2D eigenvalue weighted by Crippen LogP contribution is 2.22. The maximum atomic E-state index is 12.0. The summed E-state index contributed by atoms with van der Waals surface area (Å²) in [5.41, 5.74) is 1.61. The molecular formula is C17H26ClN3O2. The number of aliphatic hydroxyl groups is 1. The quantitative estimate of drug-likeness (QED) is 0.810. The van der Waals surface area contributed by atoms with Crippen LogP contribution < -0.4 is 5.32 Å². The van der Waals surface area contributed by atoms with Crippen LogP contribution in [0, 0.1) is 12.8 Å². The lowest BCUT2D eigenvalue weighted by atomic mass is 9.93.